The van der Waals surface area contributed by atoms with Gasteiger partial charge in [-0.3, -0.25) is 0 Å². The Morgan fingerprint density at radius 2 is 1.45 bits per heavy atom. The summed E-state index contributed by atoms with van der Waals surface area (Å²) in [4.78, 5) is 13.5. The Bertz CT molecular complexity index is 1340. The van der Waals surface area contributed by atoms with E-state index in [1.54, 1.807) is 12.1 Å². The van der Waals surface area contributed by atoms with E-state index in [1.165, 1.54) is 55.5 Å². The number of carboxylic acid groups (broad SMARTS) is 1. The van der Waals surface area contributed by atoms with Crippen LogP contribution in [0, 0.1) is 0 Å². The van der Waals surface area contributed by atoms with Gasteiger partial charge in [0, 0.05) is 5.56 Å². The Labute approximate surface area is 239 Å². The quantitative estimate of drug-likeness (QED) is 0.167. The van der Waals surface area contributed by atoms with Gasteiger partial charge in [-0.1, -0.05) is 64.1 Å². The molecule has 3 aromatic carbocycles. The molecule has 0 atom stereocenters. The van der Waals surface area contributed by atoms with Crippen molar-refractivity contribution < 1.29 is 19.4 Å². The fourth-order valence-corrected chi connectivity index (χ4v) is 6.26. The predicted molar refractivity (Wildman–Crippen MR) is 162 cm³/mol. The van der Waals surface area contributed by atoms with Gasteiger partial charge in [-0.05, 0) is 121 Å². The van der Waals surface area contributed by atoms with Crippen LogP contribution in [0.1, 0.15) is 77.3 Å². The normalized spacial score (nSPS) is 17.8. The van der Waals surface area contributed by atoms with Gasteiger partial charge in [-0.15, -0.1) is 0 Å². The maximum Gasteiger partial charge on any atom is 0.511 e. The van der Waals surface area contributed by atoms with Gasteiger partial charge >= 0.3 is 6.16 Å². The molecule has 0 spiro atoms. The molecule has 5 heteroatoms. The van der Waals surface area contributed by atoms with Crippen molar-refractivity contribution in [1.29, 1.82) is 0 Å². The van der Waals surface area contributed by atoms with E-state index in [4.69, 9.17) is 14.6 Å². The Hall–Kier alpha value is -3.31. The molecule has 1 heterocycles. The van der Waals surface area contributed by atoms with Crippen LogP contribution < -0.4 is 9.47 Å². The summed E-state index contributed by atoms with van der Waals surface area (Å²) in [6, 6.07) is 20.5. The van der Waals surface area contributed by atoms with E-state index in [2.05, 4.69) is 69.0 Å². The van der Waals surface area contributed by atoms with E-state index in [0.717, 1.165) is 41.8 Å². The molecule has 212 valence electrons. The van der Waals surface area contributed by atoms with Crippen LogP contribution in [0.2, 0.25) is 0 Å². The number of nitrogens with zero attached hydrogens (tertiary/aromatic N) is 1. The topological polar surface area (TPSA) is 59.0 Å². The molecule has 2 aliphatic rings. The maximum absolute atomic E-state index is 10.9. The van der Waals surface area contributed by atoms with E-state index in [1.807, 2.05) is 12.1 Å². The third-order valence-corrected chi connectivity index (χ3v) is 8.86. The van der Waals surface area contributed by atoms with Gasteiger partial charge in [0.2, 0.25) is 0 Å². The molecule has 1 saturated heterocycles. The van der Waals surface area contributed by atoms with E-state index in [-0.39, 0.29) is 10.8 Å². The van der Waals surface area contributed by atoms with Crippen LogP contribution in [0.25, 0.3) is 22.3 Å². The molecule has 0 bridgehead atoms. The average Bonchev–Trinajstić information content (AvgIpc) is 3.45. The van der Waals surface area contributed by atoms with Crippen LogP contribution in [0.5, 0.6) is 11.5 Å². The van der Waals surface area contributed by atoms with Crippen LogP contribution in [-0.2, 0) is 10.8 Å². The van der Waals surface area contributed by atoms with Gasteiger partial charge in [0.25, 0.3) is 0 Å². The SMILES string of the molecule is CC1(C)CCC(C)(C)c2cc(-c3cc(-c4ccc(OC(=O)O)cc4)ccc3OCCCCN3CCCC3)ccc21. The fraction of sp³-hybridized carbons (Fsp3) is 0.457. The van der Waals surface area contributed by atoms with E-state index >= 15 is 0 Å². The minimum absolute atomic E-state index is 0.120. The lowest BCUT2D eigenvalue weighted by Gasteiger charge is -2.42. The Balaban J connectivity index is 1.44. The van der Waals surface area contributed by atoms with Crippen LogP contribution in [0.4, 0.5) is 4.79 Å². The van der Waals surface area contributed by atoms with Crippen molar-refractivity contribution in [2.24, 2.45) is 0 Å². The zero-order valence-corrected chi connectivity index (χ0v) is 24.5. The number of ether oxygens (including phenoxy) is 2. The highest BCUT2D eigenvalue weighted by Crippen LogP contribution is 2.47. The number of likely N-dealkylation sites (tertiary alicyclic amines) is 1. The van der Waals surface area contributed by atoms with Crippen molar-refractivity contribution in [1.82, 2.24) is 4.90 Å². The van der Waals surface area contributed by atoms with Gasteiger partial charge in [0.15, 0.2) is 0 Å². The number of carbonyl (C=O) groups is 1. The summed E-state index contributed by atoms with van der Waals surface area (Å²) in [5.74, 6) is 1.22. The number of fused-ring (bicyclic) bond motifs is 1. The van der Waals surface area contributed by atoms with Crippen molar-refractivity contribution in [3.05, 3.63) is 71.8 Å². The molecule has 0 aromatic heterocycles. The fourth-order valence-electron chi connectivity index (χ4n) is 6.26. The second-order valence-electron chi connectivity index (χ2n) is 12.7. The highest BCUT2D eigenvalue weighted by molar-refractivity contribution is 5.79. The highest BCUT2D eigenvalue weighted by Gasteiger charge is 2.37. The standard InChI is InChI=1S/C35H43NO4/c1-34(2)17-18-35(3,4)31-24-27(11-15-30(31)34)29-23-26(25-9-13-28(14-10-25)40-33(37)38)12-16-32(29)39-22-8-7-21-36-19-5-6-20-36/h9-16,23-24H,5-8,17-22H2,1-4H3,(H,37,38). The summed E-state index contributed by atoms with van der Waals surface area (Å²) < 4.78 is 11.2. The minimum atomic E-state index is -1.31. The summed E-state index contributed by atoms with van der Waals surface area (Å²) in [7, 11) is 0. The molecular weight excluding hydrogens is 498 g/mol. The van der Waals surface area contributed by atoms with Crippen molar-refractivity contribution >= 4 is 6.16 Å². The van der Waals surface area contributed by atoms with Crippen LogP contribution >= 0.6 is 0 Å². The summed E-state index contributed by atoms with van der Waals surface area (Å²) in [6.07, 6.45) is 5.90. The molecular formula is C35H43NO4. The summed E-state index contributed by atoms with van der Waals surface area (Å²) in [5.41, 5.74) is 7.47. The Morgan fingerprint density at radius 1 is 0.800 bits per heavy atom. The lowest BCUT2D eigenvalue weighted by Crippen LogP contribution is -2.33. The van der Waals surface area contributed by atoms with Gasteiger partial charge < -0.3 is 19.5 Å². The number of hydrogen-bond donors (Lipinski definition) is 1. The second-order valence-corrected chi connectivity index (χ2v) is 12.7. The molecule has 5 nitrogen and oxygen atoms in total. The molecule has 1 aliphatic carbocycles. The van der Waals surface area contributed by atoms with E-state index in [0.29, 0.717) is 12.4 Å². The number of benzene rings is 3. The molecule has 0 unspecified atom stereocenters. The predicted octanol–water partition coefficient (Wildman–Crippen LogP) is 8.68. The Morgan fingerprint density at radius 3 is 2.15 bits per heavy atom. The smallest absolute Gasteiger partial charge is 0.493 e. The summed E-state index contributed by atoms with van der Waals surface area (Å²) in [6.45, 7) is 13.8. The van der Waals surface area contributed by atoms with E-state index < -0.39 is 6.16 Å². The van der Waals surface area contributed by atoms with Crippen LogP contribution in [0.3, 0.4) is 0 Å². The zero-order chi connectivity index (χ0) is 28.3. The molecule has 5 rings (SSSR count). The first kappa shape index (κ1) is 28.2. The van der Waals surface area contributed by atoms with Gasteiger partial charge in [0.1, 0.15) is 11.5 Å². The van der Waals surface area contributed by atoms with E-state index in [9.17, 15) is 4.79 Å². The Kier molecular flexibility index (Phi) is 8.23. The first-order valence-electron chi connectivity index (χ1n) is 14.8. The monoisotopic (exact) mass is 541 g/mol. The van der Waals surface area contributed by atoms with Crippen LogP contribution in [-0.4, -0.2) is 42.4 Å². The molecule has 1 aliphatic heterocycles. The zero-order valence-electron chi connectivity index (χ0n) is 24.5. The first-order valence-corrected chi connectivity index (χ1v) is 14.8. The first-order chi connectivity index (χ1) is 19.1. The minimum Gasteiger partial charge on any atom is -0.493 e. The van der Waals surface area contributed by atoms with Gasteiger partial charge in [0.05, 0.1) is 6.61 Å². The number of rotatable bonds is 9. The molecule has 1 fully saturated rings. The summed E-state index contributed by atoms with van der Waals surface area (Å²) >= 11 is 0. The summed E-state index contributed by atoms with van der Waals surface area (Å²) in [5, 5.41) is 8.92. The van der Waals surface area contributed by atoms with Gasteiger partial charge in [-0.25, -0.2) is 4.79 Å². The van der Waals surface area contributed by atoms with Crippen molar-refractivity contribution in [3.63, 3.8) is 0 Å². The van der Waals surface area contributed by atoms with Crippen molar-refractivity contribution in [3.8, 4) is 33.8 Å². The largest absolute Gasteiger partial charge is 0.511 e. The number of hydrogen-bond acceptors (Lipinski definition) is 4. The lowest BCUT2D eigenvalue weighted by molar-refractivity contribution is 0.144. The molecule has 3 aromatic rings. The third kappa shape index (κ3) is 6.36. The molecule has 40 heavy (non-hydrogen) atoms. The lowest BCUT2D eigenvalue weighted by atomic mass is 9.63. The highest BCUT2D eigenvalue weighted by atomic mass is 16.7. The molecule has 1 N–H and O–H groups in total. The number of unbranched alkanes of at least 4 members (excludes halogenated alkanes) is 1. The van der Waals surface area contributed by atoms with Crippen LogP contribution in [0.15, 0.2) is 60.7 Å². The molecule has 0 amide bonds. The van der Waals surface area contributed by atoms with Gasteiger partial charge in [-0.2, -0.15) is 0 Å². The van der Waals surface area contributed by atoms with Crippen molar-refractivity contribution in [2.75, 3.05) is 26.2 Å². The maximum atomic E-state index is 10.9. The average molecular weight is 542 g/mol. The second kappa shape index (κ2) is 11.7. The molecule has 0 radical (unpaired) electrons. The molecule has 0 saturated carbocycles. The van der Waals surface area contributed by atoms with Crippen molar-refractivity contribution in [2.45, 2.75) is 77.0 Å². The third-order valence-electron chi connectivity index (χ3n) is 8.86.